The molecule has 2 nitrogen and oxygen atoms in total. The maximum atomic E-state index is 10.6. The molecule has 0 spiro atoms. The van der Waals surface area contributed by atoms with Gasteiger partial charge in [0.05, 0.1) is 6.04 Å². The van der Waals surface area contributed by atoms with Gasteiger partial charge in [-0.05, 0) is 33.2 Å². The molecule has 1 rings (SSSR count). The summed E-state index contributed by atoms with van der Waals surface area (Å²) >= 11 is 0. The van der Waals surface area contributed by atoms with Crippen molar-refractivity contribution in [2.24, 2.45) is 0 Å². The van der Waals surface area contributed by atoms with E-state index < -0.39 is 0 Å². The van der Waals surface area contributed by atoms with Gasteiger partial charge in [0.2, 0.25) is 0 Å². The van der Waals surface area contributed by atoms with Crippen LogP contribution in [-0.4, -0.2) is 29.8 Å². The fraction of sp³-hybridized carbons (Fsp3) is 0.889. The fourth-order valence-corrected chi connectivity index (χ4v) is 1.77. The monoisotopic (exact) mass is 155 g/mol. The second kappa shape index (κ2) is 3.86. The Morgan fingerprint density at radius 1 is 1.45 bits per heavy atom. The van der Waals surface area contributed by atoms with Crippen LogP contribution in [0.1, 0.15) is 33.1 Å². The number of hydrogen-bond acceptors (Lipinski definition) is 2. The van der Waals surface area contributed by atoms with Crippen molar-refractivity contribution in [2.45, 2.75) is 45.2 Å². The second-order valence-electron chi connectivity index (χ2n) is 3.53. The molecule has 0 unspecified atom stereocenters. The largest absolute Gasteiger partial charge is 0.302 e. The van der Waals surface area contributed by atoms with Crippen molar-refractivity contribution in [3.63, 3.8) is 0 Å². The van der Waals surface area contributed by atoms with Gasteiger partial charge in [0.15, 0.2) is 0 Å². The number of hydrogen-bond donors (Lipinski definition) is 0. The number of carbonyl (C=O) groups is 1. The van der Waals surface area contributed by atoms with Gasteiger partial charge in [0.1, 0.15) is 6.29 Å². The zero-order chi connectivity index (χ0) is 8.27. The Kier molecular flexibility index (Phi) is 3.06. The number of likely N-dealkylation sites (tertiary alicyclic amines) is 1. The lowest BCUT2D eigenvalue weighted by molar-refractivity contribution is -0.114. The van der Waals surface area contributed by atoms with Crippen LogP contribution in [0.25, 0.3) is 0 Å². The van der Waals surface area contributed by atoms with Crippen LogP contribution < -0.4 is 0 Å². The third-order valence-electron chi connectivity index (χ3n) is 2.41. The van der Waals surface area contributed by atoms with Gasteiger partial charge in [0, 0.05) is 6.04 Å². The van der Waals surface area contributed by atoms with E-state index in [0.29, 0.717) is 6.04 Å². The molecule has 1 saturated heterocycles. The van der Waals surface area contributed by atoms with Crippen molar-refractivity contribution in [3.05, 3.63) is 0 Å². The molecule has 0 aromatic heterocycles. The minimum atomic E-state index is 0.198. The van der Waals surface area contributed by atoms with Gasteiger partial charge in [-0.25, -0.2) is 0 Å². The molecule has 1 fully saturated rings. The molecular formula is C9H17NO. The Balaban J connectivity index is 2.51. The van der Waals surface area contributed by atoms with Gasteiger partial charge in [-0.3, -0.25) is 4.90 Å². The van der Waals surface area contributed by atoms with E-state index in [2.05, 4.69) is 18.7 Å². The Labute approximate surface area is 68.6 Å². The molecule has 0 aromatic carbocycles. The number of carbonyl (C=O) groups excluding carboxylic acids is 1. The Bertz CT molecular complexity index is 134. The van der Waals surface area contributed by atoms with Crippen LogP contribution in [0, 0.1) is 0 Å². The van der Waals surface area contributed by atoms with Crippen LogP contribution in [0.4, 0.5) is 0 Å². The van der Waals surface area contributed by atoms with Crippen molar-refractivity contribution in [2.75, 3.05) is 6.54 Å². The Hall–Kier alpha value is -0.370. The predicted octanol–water partition coefficient (Wildman–Crippen LogP) is 1.45. The average Bonchev–Trinajstić information content (AvgIpc) is 2.04. The van der Waals surface area contributed by atoms with E-state index in [1.165, 1.54) is 12.8 Å². The summed E-state index contributed by atoms with van der Waals surface area (Å²) in [7, 11) is 0. The van der Waals surface area contributed by atoms with E-state index in [0.717, 1.165) is 19.3 Å². The minimum Gasteiger partial charge on any atom is -0.302 e. The van der Waals surface area contributed by atoms with E-state index in [1.54, 1.807) is 0 Å². The predicted molar refractivity (Wildman–Crippen MR) is 45.5 cm³/mol. The molecule has 0 bridgehead atoms. The third-order valence-corrected chi connectivity index (χ3v) is 2.41. The molecule has 64 valence electrons. The Morgan fingerprint density at radius 2 is 2.18 bits per heavy atom. The lowest BCUT2D eigenvalue weighted by atomic mass is 10.0. The SMILES string of the molecule is CC(C)N1CCCC[C@H]1C=O. The standard InChI is InChI=1S/C9H17NO/c1-8(2)10-6-4-3-5-9(10)7-11/h7-9H,3-6H2,1-2H3/t9-/m0/s1. The van der Waals surface area contributed by atoms with Crippen molar-refractivity contribution in [1.82, 2.24) is 4.90 Å². The summed E-state index contributed by atoms with van der Waals surface area (Å²) in [6.07, 6.45) is 4.62. The van der Waals surface area contributed by atoms with E-state index in [9.17, 15) is 4.79 Å². The summed E-state index contributed by atoms with van der Waals surface area (Å²) in [5, 5.41) is 0. The fourth-order valence-electron chi connectivity index (χ4n) is 1.77. The van der Waals surface area contributed by atoms with E-state index in [-0.39, 0.29) is 6.04 Å². The smallest absolute Gasteiger partial charge is 0.137 e. The highest BCUT2D eigenvalue weighted by atomic mass is 16.1. The first-order chi connectivity index (χ1) is 5.25. The van der Waals surface area contributed by atoms with E-state index in [4.69, 9.17) is 0 Å². The summed E-state index contributed by atoms with van der Waals surface area (Å²) in [4.78, 5) is 12.9. The van der Waals surface area contributed by atoms with Gasteiger partial charge >= 0.3 is 0 Å². The Morgan fingerprint density at radius 3 is 2.64 bits per heavy atom. The van der Waals surface area contributed by atoms with Crippen LogP contribution in [0.2, 0.25) is 0 Å². The average molecular weight is 155 g/mol. The highest BCUT2D eigenvalue weighted by Crippen LogP contribution is 2.17. The van der Waals surface area contributed by atoms with Crippen molar-refractivity contribution < 1.29 is 4.79 Å². The van der Waals surface area contributed by atoms with Gasteiger partial charge < -0.3 is 4.79 Å². The number of aldehydes is 1. The molecule has 1 heterocycles. The summed E-state index contributed by atoms with van der Waals surface area (Å²) < 4.78 is 0. The molecule has 0 saturated carbocycles. The minimum absolute atomic E-state index is 0.198. The number of rotatable bonds is 2. The van der Waals surface area contributed by atoms with Gasteiger partial charge in [0.25, 0.3) is 0 Å². The van der Waals surface area contributed by atoms with Crippen LogP contribution in [0.5, 0.6) is 0 Å². The van der Waals surface area contributed by atoms with Crippen molar-refractivity contribution in [3.8, 4) is 0 Å². The summed E-state index contributed by atoms with van der Waals surface area (Å²) in [5.74, 6) is 0. The first-order valence-electron chi connectivity index (χ1n) is 4.46. The quantitative estimate of drug-likeness (QED) is 0.562. The zero-order valence-corrected chi connectivity index (χ0v) is 7.42. The maximum Gasteiger partial charge on any atom is 0.137 e. The normalized spacial score (nSPS) is 27.4. The molecule has 0 aromatic rings. The molecule has 0 aliphatic carbocycles. The van der Waals surface area contributed by atoms with Crippen molar-refractivity contribution in [1.29, 1.82) is 0 Å². The molecule has 1 aliphatic rings. The molecule has 0 radical (unpaired) electrons. The molecular weight excluding hydrogens is 138 g/mol. The molecule has 0 amide bonds. The van der Waals surface area contributed by atoms with Gasteiger partial charge in [-0.2, -0.15) is 0 Å². The van der Waals surface area contributed by atoms with Crippen LogP contribution in [0.3, 0.4) is 0 Å². The van der Waals surface area contributed by atoms with E-state index >= 15 is 0 Å². The molecule has 0 N–H and O–H groups in total. The van der Waals surface area contributed by atoms with E-state index in [1.807, 2.05) is 0 Å². The molecule has 2 heteroatoms. The first kappa shape index (κ1) is 8.72. The highest BCUT2D eigenvalue weighted by molar-refractivity contribution is 5.57. The van der Waals surface area contributed by atoms with Crippen molar-refractivity contribution >= 4 is 6.29 Å². The molecule has 1 aliphatic heterocycles. The summed E-state index contributed by atoms with van der Waals surface area (Å²) in [5.41, 5.74) is 0. The van der Waals surface area contributed by atoms with Crippen LogP contribution in [0.15, 0.2) is 0 Å². The van der Waals surface area contributed by atoms with Crippen LogP contribution >= 0.6 is 0 Å². The van der Waals surface area contributed by atoms with Gasteiger partial charge in [-0.1, -0.05) is 6.42 Å². The second-order valence-corrected chi connectivity index (χ2v) is 3.53. The maximum absolute atomic E-state index is 10.6. The molecule has 11 heavy (non-hydrogen) atoms. The first-order valence-corrected chi connectivity index (χ1v) is 4.46. The highest BCUT2D eigenvalue weighted by Gasteiger charge is 2.23. The van der Waals surface area contributed by atoms with Gasteiger partial charge in [-0.15, -0.1) is 0 Å². The molecule has 1 atom stereocenters. The lowest BCUT2D eigenvalue weighted by Gasteiger charge is -2.35. The zero-order valence-electron chi connectivity index (χ0n) is 7.42. The number of nitrogens with zero attached hydrogens (tertiary/aromatic N) is 1. The number of piperidine rings is 1. The lowest BCUT2D eigenvalue weighted by Crippen LogP contribution is -2.44. The third kappa shape index (κ3) is 2.03. The van der Waals surface area contributed by atoms with Crippen LogP contribution in [-0.2, 0) is 4.79 Å². The summed E-state index contributed by atoms with van der Waals surface area (Å²) in [6.45, 7) is 5.41. The summed E-state index contributed by atoms with van der Waals surface area (Å²) in [6, 6.07) is 0.717. The topological polar surface area (TPSA) is 20.3 Å².